The van der Waals surface area contributed by atoms with Crippen molar-refractivity contribution in [3.8, 4) is 0 Å². The molecule has 31 heavy (non-hydrogen) atoms. The van der Waals surface area contributed by atoms with Crippen molar-refractivity contribution in [3.63, 3.8) is 0 Å². The lowest BCUT2D eigenvalue weighted by atomic mass is 10.0. The van der Waals surface area contributed by atoms with E-state index in [-0.39, 0.29) is 12.0 Å². The molecule has 0 radical (unpaired) electrons. The normalized spacial score (nSPS) is 13.2. The van der Waals surface area contributed by atoms with Gasteiger partial charge in [0.15, 0.2) is 0 Å². The first kappa shape index (κ1) is 26.4. The summed E-state index contributed by atoms with van der Waals surface area (Å²) in [7, 11) is 0. The van der Waals surface area contributed by atoms with Gasteiger partial charge in [0.25, 0.3) is 0 Å². The van der Waals surface area contributed by atoms with Crippen LogP contribution in [0.1, 0.15) is 67.9 Å². The minimum Gasteiger partial charge on any atom is -0.458 e. The van der Waals surface area contributed by atoms with Crippen LogP contribution in [0.5, 0.6) is 0 Å². The average molecular weight is 440 g/mol. The first-order valence-electron chi connectivity index (χ1n) is 10.1. The van der Waals surface area contributed by atoms with Gasteiger partial charge >= 0.3 is 18.2 Å². The highest BCUT2D eigenvalue weighted by Gasteiger charge is 2.42. The molecule has 0 heterocycles. The highest BCUT2D eigenvalue weighted by molar-refractivity contribution is 5.94. The van der Waals surface area contributed by atoms with Gasteiger partial charge in [0.1, 0.15) is 28.7 Å². The number of esters is 1. The predicted octanol–water partition coefficient (Wildman–Crippen LogP) is 5.25. The molecule has 8 heteroatoms. The molecular formula is C23H34FNO6. The third-order valence-corrected chi connectivity index (χ3v) is 3.54. The molecule has 1 rings (SSSR count). The van der Waals surface area contributed by atoms with Gasteiger partial charge in [0, 0.05) is 6.42 Å². The Morgan fingerprint density at radius 1 is 0.806 bits per heavy atom. The van der Waals surface area contributed by atoms with E-state index in [1.54, 1.807) is 68.4 Å². The molecule has 0 bridgehead atoms. The standard InChI is InChI=1S/C23H34FNO6/c1-21(2,3)29-18(26)17(14-15-12-10-11-13-16(15)24)25(19(27)30-22(4,5)6)20(28)31-23(7,8)9/h10-13,17H,14H2,1-9H3. The van der Waals surface area contributed by atoms with Gasteiger partial charge < -0.3 is 14.2 Å². The van der Waals surface area contributed by atoms with Gasteiger partial charge in [-0.25, -0.2) is 18.8 Å². The number of carbonyl (C=O) groups is 3. The zero-order chi connectivity index (χ0) is 24.2. The van der Waals surface area contributed by atoms with E-state index in [1.807, 2.05) is 0 Å². The van der Waals surface area contributed by atoms with E-state index in [0.29, 0.717) is 4.90 Å². The molecule has 1 unspecified atom stereocenters. The first-order chi connectivity index (χ1) is 13.9. The lowest BCUT2D eigenvalue weighted by Crippen LogP contribution is -2.54. The van der Waals surface area contributed by atoms with Crippen molar-refractivity contribution in [3.05, 3.63) is 35.6 Å². The Balaban J connectivity index is 3.49. The number of rotatable bonds is 4. The van der Waals surface area contributed by atoms with Crippen LogP contribution >= 0.6 is 0 Å². The van der Waals surface area contributed by atoms with E-state index >= 15 is 0 Å². The lowest BCUT2D eigenvalue weighted by Gasteiger charge is -2.33. The van der Waals surface area contributed by atoms with Gasteiger partial charge in [-0.2, -0.15) is 4.90 Å². The maximum absolute atomic E-state index is 14.4. The Labute approximate surface area is 183 Å². The van der Waals surface area contributed by atoms with Gasteiger partial charge in [-0.15, -0.1) is 0 Å². The summed E-state index contributed by atoms with van der Waals surface area (Å²) in [5.41, 5.74) is -2.67. The second-order valence-corrected chi connectivity index (χ2v) is 10.2. The molecule has 1 aromatic rings. The van der Waals surface area contributed by atoms with Crippen LogP contribution in [0.25, 0.3) is 0 Å². The highest BCUT2D eigenvalue weighted by atomic mass is 19.1. The number of benzene rings is 1. The third-order valence-electron chi connectivity index (χ3n) is 3.54. The third kappa shape index (κ3) is 9.36. The fourth-order valence-electron chi connectivity index (χ4n) is 2.47. The molecule has 7 nitrogen and oxygen atoms in total. The molecular weight excluding hydrogens is 405 g/mol. The molecule has 0 aliphatic carbocycles. The topological polar surface area (TPSA) is 82.1 Å². The minimum atomic E-state index is -1.50. The van der Waals surface area contributed by atoms with Crippen LogP contribution in [0.3, 0.4) is 0 Å². The van der Waals surface area contributed by atoms with Crippen LogP contribution in [0.2, 0.25) is 0 Å². The summed E-state index contributed by atoms with van der Waals surface area (Å²) in [5, 5.41) is 0. The largest absolute Gasteiger partial charge is 0.458 e. The smallest absolute Gasteiger partial charge is 0.420 e. The van der Waals surface area contributed by atoms with Gasteiger partial charge in [0.05, 0.1) is 0 Å². The van der Waals surface area contributed by atoms with Crippen molar-refractivity contribution in [1.29, 1.82) is 0 Å². The van der Waals surface area contributed by atoms with Crippen LogP contribution < -0.4 is 0 Å². The van der Waals surface area contributed by atoms with Crippen LogP contribution in [0.4, 0.5) is 14.0 Å². The molecule has 0 aliphatic heterocycles. The monoisotopic (exact) mass is 439 g/mol. The molecule has 0 fully saturated rings. The van der Waals surface area contributed by atoms with Crippen molar-refractivity contribution in [1.82, 2.24) is 4.90 Å². The second-order valence-electron chi connectivity index (χ2n) is 10.2. The van der Waals surface area contributed by atoms with Crippen molar-refractivity contribution < 1.29 is 33.0 Å². The second kappa shape index (κ2) is 9.66. The van der Waals surface area contributed by atoms with Crippen molar-refractivity contribution in [2.75, 3.05) is 0 Å². The molecule has 174 valence electrons. The Morgan fingerprint density at radius 2 is 1.23 bits per heavy atom. The van der Waals surface area contributed by atoms with E-state index in [0.717, 1.165) is 0 Å². The van der Waals surface area contributed by atoms with Crippen molar-refractivity contribution >= 4 is 18.2 Å². The summed E-state index contributed by atoms with van der Waals surface area (Å²) in [6.07, 6.45) is -2.48. The maximum Gasteiger partial charge on any atom is 0.420 e. The highest BCUT2D eigenvalue weighted by Crippen LogP contribution is 2.22. The van der Waals surface area contributed by atoms with E-state index in [2.05, 4.69) is 0 Å². The number of hydrogen-bond acceptors (Lipinski definition) is 6. The quantitative estimate of drug-likeness (QED) is 0.471. The fraction of sp³-hybridized carbons (Fsp3) is 0.609. The summed E-state index contributed by atoms with van der Waals surface area (Å²) >= 11 is 0. The summed E-state index contributed by atoms with van der Waals surface area (Å²) in [5.74, 6) is -1.46. The minimum absolute atomic E-state index is 0.135. The van der Waals surface area contributed by atoms with E-state index in [9.17, 15) is 18.8 Å². The summed E-state index contributed by atoms with van der Waals surface area (Å²) < 4.78 is 30.5. The molecule has 0 saturated carbocycles. The Morgan fingerprint density at radius 3 is 1.61 bits per heavy atom. The molecule has 0 spiro atoms. The number of halogens is 1. The van der Waals surface area contributed by atoms with E-state index in [1.165, 1.54) is 18.2 Å². The maximum atomic E-state index is 14.4. The molecule has 0 saturated heterocycles. The zero-order valence-corrected chi connectivity index (χ0v) is 19.9. The van der Waals surface area contributed by atoms with Crippen LogP contribution in [0, 0.1) is 5.82 Å². The number of ether oxygens (including phenoxy) is 3. The van der Waals surface area contributed by atoms with Gasteiger partial charge in [0.2, 0.25) is 0 Å². The number of carbonyl (C=O) groups excluding carboxylic acids is 3. The summed E-state index contributed by atoms with van der Waals surface area (Å²) in [4.78, 5) is 39.6. The van der Waals surface area contributed by atoms with Gasteiger partial charge in [-0.3, -0.25) is 0 Å². The van der Waals surface area contributed by atoms with Gasteiger partial charge in [-0.1, -0.05) is 18.2 Å². The summed E-state index contributed by atoms with van der Waals surface area (Å²) in [6, 6.07) is 4.29. The van der Waals surface area contributed by atoms with Gasteiger partial charge in [-0.05, 0) is 73.9 Å². The lowest BCUT2D eigenvalue weighted by molar-refractivity contribution is -0.161. The molecule has 1 aromatic carbocycles. The van der Waals surface area contributed by atoms with Crippen LogP contribution in [0.15, 0.2) is 24.3 Å². The van der Waals surface area contributed by atoms with Crippen molar-refractivity contribution in [2.24, 2.45) is 0 Å². The predicted molar refractivity (Wildman–Crippen MR) is 114 cm³/mol. The van der Waals surface area contributed by atoms with Crippen LogP contribution in [-0.2, 0) is 25.4 Å². The zero-order valence-electron chi connectivity index (χ0n) is 19.9. The van der Waals surface area contributed by atoms with Crippen LogP contribution in [-0.4, -0.2) is 45.9 Å². The molecule has 2 amide bonds. The first-order valence-corrected chi connectivity index (χ1v) is 10.1. The SMILES string of the molecule is CC(C)(C)OC(=O)C(Cc1ccccc1F)N(C(=O)OC(C)(C)C)C(=O)OC(C)(C)C. The number of imide groups is 1. The number of nitrogens with zero attached hydrogens (tertiary/aromatic N) is 1. The Kier molecular flexibility index (Phi) is 8.23. The molecule has 1 atom stereocenters. The Hall–Kier alpha value is -2.64. The Bertz CT molecular complexity index is 774. The molecule has 0 N–H and O–H groups in total. The number of hydrogen-bond donors (Lipinski definition) is 0. The molecule has 0 aliphatic rings. The molecule has 0 aromatic heterocycles. The number of amides is 2. The van der Waals surface area contributed by atoms with E-state index in [4.69, 9.17) is 14.2 Å². The van der Waals surface area contributed by atoms with Crippen molar-refractivity contribution in [2.45, 2.75) is 91.6 Å². The summed E-state index contributed by atoms with van der Waals surface area (Å²) in [6.45, 7) is 14.7. The van der Waals surface area contributed by atoms with E-state index < -0.39 is 46.8 Å². The average Bonchev–Trinajstić information content (AvgIpc) is 2.50. The fourth-order valence-corrected chi connectivity index (χ4v) is 2.47.